The summed E-state index contributed by atoms with van der Waals surface area (Å²) in [5, 5.41) is 8.50. The third kappa shape index (κ3) is 4.96. The molecule has 154 valence electrons. The van der Waals surface area contributed by atoms with Gasteiger partial charge in [-0.2, -0.15) is 0 Å². The molecule has 0 aliphatic carbocycles. The first-order valence-electron chi connectivity index (χ1n) is 9.73. The van der Waals surface area contributed by atoms with E-state index >= 15 is 0 Å². The number of aryl methyl sites for hydroxylation is 1. The lowest BCUT2D eigenvalue weighted by Gasteiger charge is -2.09. The first-order valence-corrected chi connectivity index (χ1v) is 10.6. The van der Waals surface area contributed by atoms with E-state index in [0.717, 1.165) is 28.4 Å². The smallest absolute Gasteiger partial charge is 0.236 e. The van der Waals surface area contributed by atoms with Gasteiger partial charge in [0.25, 0.3) is 0 Å². The van der Waals surface area contributed by atoms with E-state index in [1.807, 2.05) is 48.7 Å². The average Bonchev–Trinajstić information content (AvgIpc) is 3.52. The monoisotopic (exact) mass is 421 g/mol. The molecule has 1 aromatic carbocycles. The molecule has 3 heterocycles. The number of benzene rings is 1. The summed E-state index contributed by atoms with van der Waals surface area (Å²) in [6.45, 7) is 5.74. The van der Waals surface area contributed by atoms with Crippen molar-refractivity contribution in [3.8, 4) is 22.2 Å². The van der Waals surface area contributed by atoms with E-state index in [2.05, 4.69) is 32.5 Å². The van der Waals surface area contributed by atoms with Gasteiger partial charge in [0, 0.05) is 12.1 Å². The molecule has 0 radical (unpaired) electrons. The van der Waals surface area contributed by atoms with Crippen molar-refractivity contribution in [2.24, 2.45) is 4.99 Å². The van der Waals surface area contributed by atoms with Crippen LogP contribution in [0.25, 0.3) is 22.2 Å². The Morgan fingerprint density at radius 2 is 1.77 bits per heavy atom. The summed E-state index contributed by atoms with van der Waals surface area (Å²) in [6.07, 6.45) is 3.31. The molecule has 0 bridgehead atoms. The Labute approximate surface area is 178 Å². The Morgan fingerprint density at radius 1 is 1.00 bits per heavy atom. The maximum absolute atomic E-state index is 5.62. The van der Waals surface area contributed by atoms with Crippen LogP contribution in [-0.2, 0) is 13.1 Å². The first-order chi connectivity index (χ1) is 14.7. The Balaban J connectivity index is 1.37. The molecule has 0 unspecified atom stereocenters. The second-order valence-electron chi connectivity index (χ2n) is 6.68. The number of guanidine groups is 1. The Bertz CT molecular complexity index is 1100. The molecule has 0 aliphatic heterocycles. The van der Waals surface area contributed by atoms with Crippen molar-refractivity contribution in [3.05, 3.63) is 71.3 Å². The molecule has 30 heavy (non-hydrogen) atoms. The number of aromatic nitrogens is 2. The van der Waals surface area contributed by atoms with E-state index in [9.17, 15) is 0 Å². The van der Waals surface area contributed by atoms with Gasteiger partial charge >= 0.3 is 0 Å². The fourth-order valence-electron chi connectivity index (χ4n) is 2.79. The largest absolute Gasteiger partial charge is 0.444 e. The zero-order valence-corrected chi connectivity index (χ0v) is 17.7. The minimum atomic E-state index is 0.414. The molecule has 3 aromatic heterocycles. The molecule has 0 spiro atoms. The predicted octanol–water partition coefficient (Wildman–Crippen LogP) is 4.62. The lowest BCUT2D eigenvalue weighted by molar-refractivity contribution is 0.572. The van der Waals surface area contributed by atoms with Crippen molar-refractivity contribution in [2.45, 2.75) is 26.9 Å². The summed E-state index contributed by atoms with van der Waals surface area (Å²) in [5.41, 5.74) is 3.74. The van der Waals surface area contributed by atoms with Gasteiger partial charge in [0.2, 0.25) is 11.8 Å². The van der Waals surface area contributed by atoms with Gasteiger partial charge in [-0.1, -0.05) is 23.8 Å². The van der Waals surface area contributed by atoms with Crippen molar-refractivity contribution < 1.29 is 8.83 Å². The number of rotatable bonds is 7. The minimum Gasteiger partial charge on any atom is -0.444 e. The Hall–Kier alpha value is -3.39. The van der Waals surface area contributed by atoms with Gasteiger partial charge in [0.15, 0.2) is 5.96 Å². The fraction of sp³-hybridized carbons (Fsp3) is 0.227. The number of aliphatic imine (C=N–C) groups is 1. The van der Waals surface area contributed by atoms with Gasteiger partial charge in [-0.25, -0.2) is 15.0 Å². The lowest BCUT2D eigenvalue weighted by Crippen LogP contribution is -2.36. The summed E-state index contributed by atoms with van der Waals surface area (Å²) in [4.78, 5) is 14.6. The molecule has 0 amide bonds. The van der Waals surface area contributed by atoms with Crippen molar-refractivity contribution in [2.75, 3.05) is 6.54 Å². The number of oxazole rings is 2. The SMILES string of the molecule is CCNC(=NCc1coc(-c2cccs2)n1)NCc1coc(-c2ccc(C)cc2)n1. The van der Waals surface area contributed by atoms with Crippen LogP contribution in [0.3, 0.4) is 0 Å². The molecular weight excluding hydrogens is 398 g/mol. The lowest BCUT2D eigenvalue weighted by atomic mass is 10.1. The molecule has 4 aromatic rings. The van der Waals surface area contributed by atoms with E-state index in [-0.39, 0.29) is 0 Å². The molecule has 0 aliphatic rings. The van der Waals surface area contributed by atoms with Crippen molar-refractivity contribution in [3.63, 3.8) is 0 Å². The maximum Gasteiger partial charge on any atom is 0.236 e. The number of nitrogens with zero attached hydrogens (tertiary/aromatic N) is 3. The first kappa shape index (κ1) is 19.9. The second kappa shape index (κ2) is 9.41. The highest BCUT2D eigenvalue weighted by atomic mass is 32.1. The molecule has 0 fully saturated rings. The number of hydrogen-bond acceptors (Lipinski definition) is 6. The molecule has 0 saturated carbocycles. The Morgan fingerprint density at radius 3 is 2.53 bits per heavy atom. The minimum absolute atomic E-state index is 0.414. The number of thiophene rings is 1. The maximum atomic E-state index is 5.62. The predicted molar refractivity (Wildman–Crippen MR) is 118 cm³/mol. The van der Waals surface area contributed by atoms with Gasteiger partial charge in [-0.15, -0.1) is 11.3 Å². The summed E-state index contributed by atoms with van der Waals surface area (Å²) in [7, 11) is 0. The van der Waals surface area contributed by atoms with Crippen LogP contribution in [0.1, 0.15) is 23.9 Å². The third-order valence-electron chi connectivity index (χ3n) is 4.31. The number of nitrogens with one attached hydrogen (secondary N) is 2. The van der Waals surface area contributed by atoms with Crippen LogP contribution in [0.2, 0.25) is 0 Å². The second-order valence-corrected chi connectivity index (χ2v) is 7.63. The fourth-order valence-corrected chi connectivity index (χ4v) is 3.44. The summed E-state index contributed by atoms with van der Waals surface area (Å²) < 4.78 is 11.2. The molecule has 0 saturated heterocycles. The molecule has 7 nitrogen and oxygen atoms in total. The normalized spacial score (nSPS) is 11.6. The van der Waals surface area contributed by atoms with E-state index in [4.69, 9.17) is 8.83 Å². The average molecular weight is 422 g/mol. The van der Waals surface area contributed by atoms with Gasteiger partial charge in [-0.3, -0.25) is 0 Å². The van der Waals surface area contributed by atoms with E-state index < -0.39 is 0 Å². The quantitative estimate of drug-likeness (QED) is 0.334. The van der Waals surface area contributed by atoms with Crippen LogP contribution >= 0.6 is 11.3 Å². The van der Waals surface area contributed by atoms with Crippen LogP contribution < -0.4 is 10.6 Å². The van der Waals surface area contributed by atoms with Gasteiger partial charge in [-0.05, 0) is 37.4 Å². The van der Waals surface area contributed by atoms with Crippen LogP contribution in [0.15, 0.2) is 68.1 Å². The van der Waals surface area contributed by atoms with Crippen LogP contribution in [0.4, 0.5) is 0 Å². The zero-order chi connectivity index (χ0) is 20.8. The molecule has 4 rings (SSSR count). The van der Waals surface area contributed by atoms with E-state index in [1.54, 1.807) is 23.9 Å². The third-order valence-corrected chi connectivity index (χ3v) is 5.17. The molecule has 2 N–H and O–H groups in total. The van der Waals surface area contributed by atoms with E-state index in [0.29, 0.717) is 30.8 Å². The standard InChI is InChI=1S/C22H23N5O2S/c1-3-23-22(25-12-18-14-29-21(27-18)19-5-4-10-30-19)24-11-17-13-28-20(26-17)16-8-6-15(2)7-9-16/h4-10,13-14H,3,11-12H2,1-2H3,(H2,23,24,25). The van der Waals surface area contributed by atoms with Crippen LogP contribution in [0, 0.1) is 6.92 Å². The highest BCUT2D eigenvalue weighted by Crippen LogP contribution is 2.23. The van der Waals surface area contributed by atoms with Gasteiger partial charge in [0.05, 0.1) is 23.7 Å². The molecule has 0 atom stereocenters. The van der Waals surface area contributed by atoms with Crippen LogP contribution in [0.5, 0.6) is 0 Å². The van der Waals surface area contributed by atoms with E-state index in [1.165, 1.54) is 5.56 Å². The topological polar surface area (TPSA) is 88.5 Å². The Kier molecular flexibility index (Phi) is 6.24. The van der Waals surface area contributed by atoms with Crippen molar-refractivity contribution in [1.82, 2.24) is 20.6 Å². The highest BCUT2D eigenvalue weighted by molar-refractivity contribution is 7.13. The number of hydrogen-bond donors (Lipinski definition) is 2. The summed E-state index contributed by atoms with van der Waals surface area (Å²) in [6, 6.07) is 12.1. The van der Waals surface area contributed by atoms with Gasteiger partial charge in [0.1, 0.15) is 18.2 Å². The van der Waals surface area contributed by atoms with Crippen molar-refractivity contribution >= 4 is 17.3 Å². The molecular formula is C22H23N5O2S. The molecule has 8 heteroatoms. The van der Waals surface area contributed by atoms with Gasteiger partial charge < -0.3 is 19.5 Å². The summed E-state index contributed by atoms with van der Waals surface area (Å²) in [5.74, 6) is 1.91. The summed E-state index contributed by atoms with van der Waals surface area (Å²) >= 11 is 1.60. The zero-order valence-electron chi connectivity index (χ0n) is 16.9. The van der Waals surface area contributed by atoms with Crippen LogP contribution in [-0.4, -0.2) is 22.5 Å². The van der Waals surface area contributed by atoms with Crippen molar-refractivity contribution in [1.29, 1.82) is 0 Å². The highest BCUT2D eigenvalue weighted by Gasteiger charge is 2.09.